The van der Waals surface area contributed by atoms with Gasteiger partial charge in [-0.25, -0.2) is 19.6 Å². The molecule has 0 aliphatic carbocycles. The van der Waals surface area contributed by atoms with E-state index in [9.17, 15) is 19.2 Å². The van der Waals surface area contributed by atoms with Gasteiger partial charge in [-0.1, -0.05) is 58.6 Å². The molecule has 0 bridgehead atoms. The number of amides is 4. The summed E-state index contributed by atoms with van der Waals surface area (Å²) in [5.41, 5.74) is 6.07. The quantitative estimate of drug-likeness (QED) is 0.142. The standard InChI is InChI=1S/C42H52N8O6/c1-8-29-36(46-38(43-29)33-12-10-22-50(33)40(52)35(25(4)5)48-42(54)56-7)28-18-15-26(16-19-28)13-14-27-17-20-30-31(23-27)45-37(44-30)32-11-9-21-49(32)39(51)34(24(2)3)47-41(53)55-6/h15-20,23-25,32-35H,8-12,21-22H2,1-7H3,(H,43,46)(H,44,45)(H,47,53)(H,48,54)/t32-,33-,34+,35-/m0/s1. The zero-order chi connectivity index (χ0) is 40.1. The van der Waals surface area contributed by atoms with Crippen LogP contribution in [0, 0.1) is 23.7 Å². The first kappa shape index (κ1) is 39.8. The molecule has 14 heteroatoms. The summed E-state index contributed by atoms with van der Waals surface area (Å²) in [5.74, 6) is 7.48. The van der Waals surface area contributed by atoms with E-state index in [0.717, 1.165) is 77.0 Å². The predicted molar refractivity (Wildman–Crippen MR) is 211 cm³/mol. The minimum Gasteiger partial charge on any atom is -0.453 e. The second-order valence-corrected chi connectivity index (χ2v) is 15.1. The molecule has 2 saturated heterocycles. The first-order chi connectivity index (χ1) is 26.9. The number of fused-ring (bicyclic) bond motifs is 1. The molecule has 4 amide bonds. The summed E-state index contributed by atoms with van der Waals surface area (Å²) in [6.45, 7) is 10.8. The molecule has 0 saturated carbocycles. The van der Waals surface area contributed by atoms with Gasteiger partial charge in [-0.05, 0) is 74.3 Å². The lowest BCUT2D eigenvalue weighted by Gasteiger charge is -2.30. The molecular formula is C42H52N8O6. The van der Waals surface area contributed by atoms with Crippen LogP contribution in [-0.4, -0.2) is 93.1 Å². The number of rotatable bonds is 10. The number of H-pyrrole nitrogens is 2. The minimum atomic E-state index is -0.698. The van der Waals surface area contributed by atoms with E-state index in [1.54, 1.807) is 4.90 Å². The smallest absolute Gasteiger partial charge is 0.407 e. The van der Waals surface area contributed by atoms with Crippen molar-refractivity contribution in [2.45, 2.75) is 90.9 Å². The van der Waals surface area contributed by atoms with Crippen LogP contribution in [0.4, 0.5) is 9.59 Å². The molecule has 2 aliphatic heterocycles. The van der Waals surface area contributed by atoms with Gasteiger partial charge in [-0.3, -0.25) is 9.59 Å². The number of ether oxygens (including phenoxy) is 2. The van der Waals surface area contributed by atoms with Crippen LogP contribution < -0.4 is 10.6 Å². The summed E-state index contributed by atoms with van der Waals surface area (Å²) in [6, 6.07) is 12.0. The van der Waals surface area contributed by atoms with E-state index in [-0.39, 0.29) is 35.7 Å². The Morgan fingerprint density at radius 2 is 1.29 bits per heavy atom. The fourth-order valence-electron chi connectivity index (χ4n) is 7.59. The van der Waals surface area contributed by atoms with Crippen molar-refractivity contribution in [3.8, 4) is 23.1 Å². The Labute approximate surface area is 327 Å². The number of benzene rings is 2. The number of nitrogens with zero attached hydrogens (tertiary/aromatic N) is 4. The molecule has 4 aromatic rings. The lowest BCUT2D eigenvalue weighted by Crippen LogP contribution is -2.51. The van der Waals surface area contributed by atoms with E-state index in [1.807, 2.05) is 75.1 Å². The fourth-order valence-corrected chi connectivity index (χ4v) is 7.59. The number of carbonyl (C=O) groups excluding carboxylic acids is 4. The van der Waals surface area contributed by atoms with Gasteiger partial charge < -0.3 is 39.9 Å². The molecule has 0 spiro atoms. The van der Waals surface area contributed by atoms with Crippen LogP contribution in [0.2, 0.25) is 0 Å². The zero-order valence-corrected chi connectivity index (χ0v) is 33.2. The summed E-state index contributed by atoms with van der Waals surface area (Å²) in [6.07, 6.45) is 2.70. The van der Waals surface area contributed by atoms with E-state index in [4.69, 9.17) is 19.4 Å². The molecular weight excluding hydrogens is 713 g/mol. The summed E-state index contributed by atoms with van der Waals surface area (Å²) in [4.78, 5) is 71.6. The monoisotopic (exact) mass is 764 g/mol. The Morgan fingerprint density at radius 1 is 0.768 bits per heavy atom. The Kier molecular flexibility index (Phi) is 12.3. The van der Waals surface area contributed by atoms with E-state index in [1.165, 1.54) is 14.2 Å². The van der Waals surface area contributed by atoms with Crippen molar-refractivity contribution >= 4 is 35.0 Å². The third kappa shape index (κ3) is 8.51. The minimum absolute atomic E-state index is 0.112. The Bertz CT molecular complexity index is 2130. The molecule has 2 fully saturated rings. The normalized spacial score (nSPS) is 17.8. The molecule has 56 heavy (non-hydrogen) atoms. The van der Waals surface area contributed by atoms with Gasteiger partial charge in [0.1, 0.15) is 23.7 Å². The molecule has 296 valence electrons. The number of hydrogen-bond donors (Lipinski definition) is 4. The molecule has 0 radical (unpaired) electrons. The number of hydrogen-bond acceptors (Lipinski definition) is 8. The van der Waals surface area contributed by atoms with Gasteiger partial charge in [0.2, 0.25) is 11.8 Å². The summed E-state index contributed by atoms with van der Waals surface area (Å²) < 4.78 is 9.53. The van der Waals surface area contributed by atoms with Crippen molar-refractivity contribution in [2.75, 3.05) is 27.3 Å². The van der Waals surface area contributed by atoms with Crippen molar-refractivity contribution in [3.05, 3.63) is 70.9 Å². The van der Waals surface area contributed by atoms with Crippen LogP contribution in [0.25, 0.3) is 22.3 Å². The molecule has 14 nitrogen and oxygen atoms in total. The van der Waals surface area contributed by atoms with Gasteiger partial charge in [0.15, 0.2) is 0 Å². The van der Waals surface area contributed by atoms with Crippen LogP contribution in [0.3, 0.4) is 0 Å². The first-order valence-corrected chi connectivity index (χ1v) is 19.4. The molecule has 6 rings (SSSR count). The number of aryl methyl sites for hydroxylation is 1. The highest BCUT2D eigenvalue weighted by Crippen LogP contribution is 2.35. The molecule has 4 N–H and O–H groups in total. The summed E-state index contributed by atoms with van der Waals surface area (Å²) in [7, 11) is 2.58. The van der Waals surface area contributed by atoms with Crippen LogP contribution in [-0.2, 0) is 25.5 Å². The lowest BCUT2D eigenvalue weighted by atomic mass is 10.0. The van der Waals surface area contributed by atoms with Crippen LogP contribution >= 0.6 is 0 Å². The average molecular weight is 765 g/mol. The molecule has 2 aromatic heterocycles. The Balaban J connectivity index is 1.16. The SMILES string of the molecule is CCc1[nH]c([C@@H]2CCCN2C(=O)[C@@H](NC(=O)OC)C(C)C)nc1-c1ccc(C#Cc2ccc3nc([C@@H]4CCCN4C(=O)[C@H](NC(=O)OC)C(C)C)[nH]c3c2)cc1. The van der Waals surface area contributed by atoms with Gasteiger partial charge in [0.25, 0.3) is 0 Å². The third-order valence-electron chi connectivity index (χ3n) is 10.6. The van der Waals surface area contributed by atoms with Crippen LogP contribution in [0.1, 0.15) is 101 Å². The molecule has 0 unspecified atom stereocenters. The highest BCUT2D eigenvalue weighted by atomic mass is 16.5. The van der Waals surface area contributed by atoms with Crippen LogP contribution in [0.5, 0.6) is 0 Å². The number of aromatic nitrogens is 4. The molecule has 2 aromatic carbocycles. The number of methoxy groups -OCH3 is 2. The maximum atomic E-state index is 13.7. The second kappa shape index (κ2) is 17.3. The third-order valence-corrected chi connectivity index (χ3v) is 10.6. The topological polar surface area (TPSA) is 175 Å². The van der Waals surface area contributed by atoms with E-state index < -0.39 is 24.3 Å². The van der Waals surface area contributed by atoms with Gasteiger partial charge in [-0.2, -0.15) is 0 Å². The Hall–Kier alpha value is -5.84. The van der Waals surface area contributed by atoms with Crippen molar-refractivity contribution in [2.24, 2.45) is 11.8 Å². The predicted octanol–water partition coefficient (Wildman–Crippen LogP) is 6.00. The highest BCUT2D eigenvalue weighted by Gasteiger charge is 2.39. The van der Waals surface area contributed by atoms with Gasteiger partial charge in [-0.15, -0.1) is 0 Å². The first-order valence-electron chi connectivity index (χ1n) is 19.4. The number of aromatic amines is 2. The van der Waals surface area contributed by atoms with Crippen molar-refractivity contribution < 1.29 is 28.7 Å². The average Bonchev–Trinajstić information content (AvgIpc) is 4.03. The zero-order valence-electron chi connectivity index (χ0n) is 33.2. The largest absolute Gasteiger partial charge is 0.453 e. The number of imidazole rings is 2. The van der Waals surface area contributed by atoms with Crippen molar-refractivity contribution in [1.29, 1.82) is 0 Å². The van der Waals surface area contributed by atoms with Gasteiger partial charge in [0.05, 0.1) is 43.0 Å². The molecule has 2 aliphatic rings. The maximum absolute atomic E-state index is 13.7. The lowest BCUT2D eigenvalue weighted by molar-refractivity contribution is -0.136. The number of alkyl carbamates (subject to hydrolysis) is 2. The van der Waals surface area contributed by atoms with Gasteiger partial charge in [0, 0.05) is 35.5 Å². The van der Waals surface area contributed by atoms with Crippen molar-refractivity contribution in [1.82, 2.24) is 40.4 Å². The summed E-state index contributed by atoms with van der Waals surface area (Å²) >= 11 is 0. The summed E-state index contributed by atoms with van der Waals surface area (Å²) in [5, 5.41) is 5.40. The molecule has 4 heterocycles. The maximum Gasteiger partial charge on any atom is 0.407 e. The van der Waals surface area contributed by atoms with E-state index in [0.29, 0.717) is 18.9 Å². The number of likely N-dealkylation sites (tertiary alicyclic amines) is 2. The second-order valence-electron chi connectivity index (χ2n) is 15.1. The number of carbonyl (C=O) groups is 4. The van der Waals surface area contributed by atoms with Crippen LogP contribution in [0.15, 0.2) is 42.5 Å². The van der Waals surface area contributed by atoms with Gasteiger partial charge >= 0.3 is 12.2 Å². The molecule has 4 atom stereocenters. The van der Waals surface area contributed by atoms with Crippen molar-refractivity contribution in [3.63, 3.8) is 0 Å². The van der Waals surface area contributed by atoms with E-state index in [2.05, 4.69) is 39.4 Å². The highest BCUT2D eigenvalue weighted by molar-refractivity contribution is 5.87. The Morgan fingerprint density at radius 3 is 1.80 bits per heavy atom. The number of nitrogens with one attached hydrogen (secondary N) is 4. The van der Waals surface area contributed by atoms with E-state index >= 15 is 0 Å². The fraction of sp³-hybridized carbons (Fsp3) is 0.476.